The third-order valence-electron chi connectivity index (χ3n) is 5.22. The third kappa shape index (κ3) is 5.80. The second kappa shape index (κ2) is 9.21. The van der Waals surface area contributed by atoms with E-state index in [2.05, 4.69) is 42.4 Å². The molecule has 0 aromatic rings. The van der Waals surface area contributed by atoms with Gasteiger partial charge in [0.1, 0.15) is 0 Å². The fourth-order valence-corrected chi connectivity index (χ4v) is 3.73. The Labute approximate surface area is 137 Å². The van der Waals surface area contributed by atoms with Gasteiger partial charge >= 0.3 is 0 Å². The molecule has 0 atom stereocenters. The van der Waals surface area contributed by atoms with Crippen molar-refractivity contribution in [1.29, 1.82) is 0 Å². The maximum absolute atomic E-state index is 5.64. The summed E-state index contributed by atoms with van der Waals surface area (Å²) in [6.45, 7) is 18.6. The highest BCUT2D eigenvalue weighted by molar-refractivity contribution is 4.84. The molecule has 2 saturated heterocycles. The van der Waals surface area contributed by atoms with E-state index in [9.17, 15) is 0 Å². The zero-order valence-electron chi connectivity index (χ0n) is 15.3. The summed E-state index contributed by atoms with van der Waals surface area (Å²) in [4.78, 5) is 7.99. The van der Waals surface area contributed by atoms with Gasteiger partial charge in [-0.15, -0.1) is 0 Å². The summed E-state index contributed by atoms with van der Waals surface area (Å²) in [5.74, 6) is 0. The van der Waals surface area contributed by atoms with E-state index in [1.54, 1.807) is 0 Å². The van der Waals surface area contributed by atoms with Gasteiger partial charge in [0, 0.05) is 51.4 Å². The molecule has 2 heterocycles. The second-order valence-electron chi connectivity index (χ2n) is 7.51. The summed E-state index contributed by atoms with van der Waals surface area (Å²) in [5, 5.41) is 0. The van der Waals surface area contributed by atoms with Gasteiger partial charge in [0.05, 0.1) is 6.10 Å². The molecule has 0 bridgehead atoms. The van der Waals surface area contributed by atoms with Gasteiger partial charge in [0.15, 0.2) is 0 Å². The van der Waals surface area contributed by atoms with Gasteiger partial charge in [0.25, 0.3) is 0 Å². The summed E-state index contributed by atoms with van der Waals surface area (Å²) < 4.78 is 5.64. The average molecular weight is 312 g/mol. The van der Waals surface area contributed by atoms with Crippen molar-refractivity contribution in [2.24, 2.45) is 0 Å². The molecule has 0 unspecified atom stereocenters. The van der Waals surface area contributed by atoms with Gasteiger partial charge in [-0.25, -0.2) is 0 Å². The molecule has 2 fully saturated rings. The molecule has 22 heavy (non-hydrogen) atoms. The molecular weight excluding hydrogens is 274 g/mol. The molecule has 0 radical (unpaired) electrons. The maximum atomic E-state index is 5.64. The molecule has 4 heteroatoms. The van der Waals surface area contributed by atoms with E-state index in [0.717, 1.165) is 12.6 Å². The standard InChI is InChI=1S/C18H37N3O/c1-16(2)20-11-13-21(14-12-20)18-6-9-19(10-7-18)8-5-15-22-17(3)4/h16-18H,5-15H2,1-4H3. The highest BCUT2D eigenvalue weighted by Gasteiger charge is 2.27. The summed E-state index contributed by atoms with van der Waals surface area (Å²) in [6, 6.07) is 1.54. The highest BCUT2D eigenvalue weighted by atomic mass is 16.5. The van der Waals surface area contributed by atoms with E-state index in [-0.39, 0.29) is 0 Å². The number of piperidine rings is 1. The van der Waals surface area contributed by atoms with Crippen LogP contribution in [0.15, 0.2) is 0 Å². The van der Waals surface area contributed by atoms with Crippen molar-refractivity contribution in [3.05, 3.63) is 0 Å². The number of likely N-dealkylation sites (tertiary alicyclic amines) is 1. The number of nitrogens with zero attached hydrogens (tertiary/aromatic N) is 3. The molecule has 0 aliphatic carbocycles. The molecule has 2 aliphatic heterocycles. The van der Waals surface area contributed by atoms with Crippen LogP contribution in [0.1, 0.15) is 47.0 Å². The van der Waals surface area contributed by atoms with Gasteiger partial charge in [-0.1, -0.05) is 0 Å². The molecule has 0 amide bonds. The number of hydrogen-bond donors (Lipinski definition) is 0. The minimum atomic E-state index is 0.371. The Morgan fingerprint density at radius 2 is 1.55 bits per heavy atom. The predicted molar refractivity (Wildman–Crippen MR) is 93.4 cm³/mol. The smallest absolute Gasteiger partial charge is 0.0518 e. The molecule has 4 nitrogen and oxygen atoms in total. The molecule has 2 rings (SSSR count). The van der Waals surface area contributed by atoms with Crippen molar-refractivity contribution in [3.8, 4) is 0 Å². The normalized spacial score (nSPS) is 23.7. The van der Waals surface area contributed by atoms with Crippen LogP contribution >= 0.6 is 0 Å². The molecule has 0 N–H and O–H groups in total. The van der Waals surface area contributed by atoms with E-state index in [4.69, 9.17) is 4.74 Å². The van der Waals surface area contributed by atoms with Gasteiger partial charge in [-0.2, -0.15) is 0 Å². The van der Waals surface area contributed by atoms with Crippen LogP contribution in [0.4, 0.5) is 0 Å². The zero-order valence-corrected chi connectivity index (χ0v) is 15.3. The summed E-state index contributed by atoms with van der Waals surface area (Å²) in [5.41, 5.74) is 0. The van der Waals surface area contributed by atoms with E-state index in [1.807, 2.05) is 0 Å². The lowest BCUT2D eigenvalue weighted by atomic mass is 10.0. The Morgan fingerprint density at radius 3 is 2.09 bits per heavy atom. The fourth-order valence-electron chi connectivity index (χ4n) is 3.73. The lowest BCUT2D eigenvalue weighted by Crippen LogP contribution is -2.54. The maximum Gasteiger partial charge on any atom is 0.0518 e. The first kappa shape index (κ1) is 18.2. The minimum absolute atomic E-state index is 0.371. The van der Waals surface area contributed by atoms with E-state index < -0.39 is 0 Å². The topological polar surface area (TPSA) is 19.0 Å². The first-order valence-electron chi connectivity index (χ1n) is 9.38. The quantitative estimate of drug-likeness (QED) is 0.672. The number of rotatable bonds is 7. The molecule has 2 aliphatic rings. The van der Waals surface area contributed by atoms with E-state index >= 15 is 0 Å². The van der Waals surface area contributed by atoms with Crippen molar-refractivity contribution < 1.29 is 4.74 Å². The van der Waals surface area contributed by atoms with E-state index in [1.165, 1.54) is 65.1 Å². The number of piperazine rings is 1. The van der Waals surface area contributed by atoms with Crippen LogP contribution in [0.5, 0.6) is 0 Å². The van der Waals surface area contributed by atoms with Gasteiger partial charge in [-0.3, -0.25) is 9.80 Å². The zero-order chi connectivity index (χ0) is 15.9. The summed E-state index contributed by atoms with van der Waals surface area (Å²) in [6.07, 6.45) is 4.25. The van der Waals surface area contributed by atoms with Gasteiger partial charge < -0.3 is 9.64 Å². The van der Waals surface area contributed by atoms with E-state index in [0.29, 0.717) is 12.1 Å². The lowest BCUT2D eigenvalue weighted by Gasteiger charge is -2.43. The molecule has 0 saturated carbocycles. The van der Waals surface area contributed by atoms with Crippen LogP contribution in [-0.4, -0.2) is 85.3 Å². The fraction of sp³-hybridized carbons (Fsp3) is 1.00. The van der Waals surface area contributed by atoms with Crippen LogP contribution in [-0.2, 0) is 4.74 Å². The minimum Gasteiger partial charge on any atom is -0.379 e. The molecule has 130 valence electrons. The SMILES string of the molecule is CC(C)OCCCN1CCC(N2CCN(C(C)C)CC2)CC1. The summed E-state index contributed by atoms with van der Waals surface area (Å²) in [7, 11) is 0. The highest BCUT2D eigenvalue weighted by Crippen LogP contribution is 2.19. The Hall–Kier alpha value is -0.160. The largest absolute Gasteiger partial charge is 0.379 e. The average Bonchev–Trinajstić information content (AvgIpc) is 2.52. The first-order valence-corrected chi connectivity index (χ1v) is 9.38. The number of ether oxygens (including phenoxy) is 1. The molecule has 0 aromatic heterocycles. The number of hydrogen-bond acceptors (Lipinski definition) is 4. The van der Waals surface area contributed by atoms with Crippen LogP contribution in [0.25, 0.3) is 0 Å². The predicted octanol–water partition coefficient (Wildman–Crippen LogP) is 2.29. The van der Waals surface area contributed by atoms with Crippen LogP contribution < -0.4 is 0 Å². The van der Waals surface area contributed by atoms with Crippen molar-refractivity contribution in [3.63, 3.8) is 0 Å². The van der Waals surface area contributed by atoms with Crippen LogP contribution in [0.2, 0.25) is 0 Å². The van der Waals surface area contributed by atoms with Gasteiger partial charge in [0.2, 0.25) is 0 Å². The Morgan fingerprint density at radius 1 is 0.909 bits per heavy atom. The van der Waals surface area contributed by atoms with Crippen molar-refractivity contribution in [2.45, 2.75) is 65.1 Å². The first-order chi connectivity index (χ1) is 10.6. The van der Waals surface area contributed by atoms with Gasteiger partial charge in [-0.05, 0) is 60.0 Å². The monoisotopic (exact) mass is 311 g/mol. The van der Waals surface area contributed by atoms with Crippen LogP contribution in [0, 0.1) is 0 Å². The second-order valence-corrected chi connectivity index (χ2v) is 7.51. The van der Waals surface area contributed by atoms with Crippen LogP contribution in [0.3, 0.4) is 0 Å². The lowest BCUT2D eigenvalue weighted by molar-refractivity contribution is 0.0416. The van der Waals surface area contributed by atoms with Crippen molar-refractivity contribution in [1.82, 2.24) is 14.7 Å². The molecular formula is C18H37N3O. The third-order valence-corrected chi connectivity index (χ3v) is 5.22. The Bertz CT molecular complexity index is 293. The van der Waals surface area contributed by atoms with Crippen molar-refractivity contribution in [2.75, 3.05) is 52.4 Å². The Balaban J connectivity index is 1.59. The van der Waals surface area contributed by atoms with Crippen molar-refractivity contribution >= 4 is 0 Å². The summed E-state index contributed by atoms with van der Waals surface area (Å²) >= 11 is 0. The molecule has 0 spiro atoms. The Kier molecular flexibility index (Phi) is 7.61. The molecule has 0 aromatic carbocycles.